The summed E-state index contributed by atoms with van der Waals surface area (Å²) in [6.07, 6.45) is 4.38. The minimum absolute atomic E-state index is 0.0832. The molecule has 0 N–H and O–H groups in total. The van der Waals surface area contributed by atoms with E-state index in [1.165, 1.54) is 5.56 Å². The Morgan fingerprint density at radius 2 is 2.00 bits per heavy atom. The molecule has 0 unspecified atom stereocenters. The highest BCUT2D eigenvalue weighted by atomic mass is 16.1. The highest BCUT2D eigenvalue weighted by Crippen LogP contribution is 2.10. The molecule has 1 nitrogen and oxygen atoms in total. The Kier molecular flexibility index (Phi) is 3.97. The molecule has 0 aliphatic carbocycles. The molecule has 0 aromatic heterocycles. The number of allylic oxidation sites excluding steroid dienone is 1. The normalized spacial score (nSPS) is 12.0. The third kappa shape index (κ3) is 3.24. The van der Waals surface area contributed by atoms with Crippen LogP contribution in [0.5, 0.6) is 0 Å². The van der Waals surface area contributed by atoms with Gasteiger partial charge in [-0.3, -0.25) is 0 Å². The maximum Gasteiger partial charge on any atom is 0.123 e. The van der Waals surface area contributed by atoms with Gasteiger partial charge in [0.05, 0.1) is 0 Å². The first-order valence-corrected chi connectivity index (χ1v) is 4.47. The largest absolute Gasteiger partial charge is 0.303 e. The molecule has 0 amide bonds. The molecule has 13 heavy (non-hydrogen) atoms. The lowest BCUT2D eigenvalue weighted by Crippen LogP contribution is -2.04. The van der Waals surface area contributed by atoms with Crippen LogP contribution >= 0.6 is 0 Å². The zero-order valence-electron chi connectivity index (χ0n) is 7.65. The Morgan fingerprint density at radius 3 is 2.54 bits per heavy atom. The molecule has 1 aromatic carbocycles. The fraction of sp³-hybridized carbons (Fsp3) is 0.250. The Hall–Kier alpha value is -1.37. The summed E-state index contributed by atoms with van der Waals surface area (Å²) in [4.78, 5) is 10.7. The van der Waals surface area contributed by atoms with Crippen molar-refractivity contribution >= 4 is 6.29 Å². The lowest BCUT2D eigenvalue weighted by Gasteiger charge is -2.06. The van der Waals surface area contributed by atoms with Gasteiger partial charge in [-0.15, -0.1) is 6.58 Å². The number of rotatable bonds is 5. The summed E-state index contributed by atoms with van der Waals surface area (Å²) >= 11 is 0. The summed E-state index contributed by atoms with van der Waals surface area (Å²) in [5.74, 6) is 0.0832. The van der Waals surface area contributed by atoms with Gasteiger partial charge in [0.15, 0.2) is 0 Å². The lowest BCUT2D eigenvalue weighted by atomic mass is 9.98. The molecule has 0 fully saturated rings. The van der Waals surface area contributed by atoms with E-state index >= 15 is 0 Å². The van der Waals surface area contributed by atoms with Crippen molar-refractivity contribution in [2.24, 2.45) is 5.92 Å². The van der Waals surface area contributed by atoms with Gasteiger partial charge in [-0.2, -0.15) is 0 Å². The molecule has 68 valence electrons. The number of hydrogen-bond donors (Lipinski definition) is 0. The molecule has 0 heterocycles. The molecule has 1 atom stereocenters. The first kappa shape index (κ1) is 9.72. The molecule has 1 heteroatoms. The fourth-order valence-electron chi connectivity index (χ4n) is 1.32. The average molecular weight is 174 g/mol. The van der Waals surface area contributed by atoms with Crippen molar-refractivity contribution in [3.63, 3.8) is 0 Å². The van der Waals surface area contributed by atoms with Crippen molar-refractivity contribution in [3.8, 4) is 0 Å². The van der Waals surface area contributed by atoms with Gasteiger partial charge >= 0.3 is 0 Å². The van der Waals surface area contributed by atoms with Gasteiger partial charge in [-0.25, -0.2) is 0 Å². The molecular weight excluding hydrogens is 160 g/mol. The first-order valence-electron chi connectivity index (χ1n) is 4.47. The van der Waals surface area contributed by atoms with Crippen molar-refractivity contribution in [3.05, 3.63) is 48.6 Å². The number of carbonyl (C=O) groups is 1. The second-order valence-corrected chi connectivity index (χ2v) is 3.11. The van der Waals surface area contributed by atoms with E-state index in [1.807, 2.05) is 30.3 Å². The summed E-state index contributed by atoms with van der Waals surface area (Å²) in [6.45, 7) is 3.63. The van der Waals surface area contributed by atoms with Crippen LogP contribution < -0.4 is 0 Å². The molecule has 0 spiro atoms. The molecule has 0 aliphatic rings. The highest BCUT2D eigenvalue weighted by molar-refractivity contribution is 5.54. The quantitative estimate of drug-likeness (QED) is 0.495. The lowest BCUT2D eigenvalue weighted by molar-refractivity contribution is -0.111. The number of hydrogen-bond acceptors (Lipinski definition) is 1. The zero-order valence-corrected chi connectivity index (χ0v) is 7.65. The molecule has 0 aliphatic heterocycles. The summed E-state index contributed by atoms with van der Waals surface area (Å²) in [5, 5.41) is 0. The summed E-state index contributed by atoms with van der Waals surface area (Å²) in [7, 11) is 0. The van der Waals surface area contributed by atoms with Crippen LogP contribution in [0.2, 0.25) is 0 Å². The van der Waals surface area contributed by atoms with Crippen molar-refractivity contribution < 1.29 is 4.79 Å². The number of benzene rings is 1. The van der Waals surface area contributed by atoms with E-state index < -0.39 is 0 Å². The van der Waals surface area contributed by atoms with Gasteiger partial charge < -0.3 is 4.79 Å². The van der Waals surface area contributed by atoms with Gasteiger partial charge in [-0.1, -0.05) is 36.4 Å². The van der Waals surface area contributed by atoms with Gasteiger partial charge in [-0.05, 0) is 18.4 Å². The predicted molar refractivity (Wildman–Crippen MR) is 54.5 cm³/mol. The van der Waals surface area contributed by atoms with Crippen LogP contribution in [-0.2, 0) is 11.2 Å². The van der Waals surface area contributed by atoms with E-state index in [0.29, 0.717) is 0 Å². The van der Waals surface area contributed by atoms with Crippen LogP contribution in [0.4, 0.5) is 0 Å². The summed E-state index contributed by atoms with van der Waals surface area (Å²) in [5.41, 5.74) is 1.21. The summed E-state index contributed by atoms with van der Waals surface area (Å²) < 4.78 is 0. The third-order valence-corrected chi connectivity index (χ3v) is 2.00. The van der Waals surface area contributed by atoms with E-state index in [-0.39, 0.29) is 5.92 Å². The topological polar surface area (TPSA) is 17.1 Å². The van der Waals surface area contributed by atoms with Crippen molar-refractivity contribution in [2.75, 3.05) is 0 Å². The maximum absolute atomic E-state index is 10.7. The predicted octanol–water partition coefficient (Wildman–Crippen LogP) is 2.62. The van der Waals surface area contributed by atoms with E-state index in [9.17, 15) is 4.79 Å². The van der Waals surface area contributed by atoms with E-state index in [0.717, 1.165) is 19.1 Å². The molecule has 0 bridgehead atoms. The van der Waals surface area contributed by atoms with Crippen LogP contribution in [0, 0.1) is 5.92 Å². The Balaban J connectivity index is 2.56. The second-order valence-electron chi connectivity index (χ2n) is 3.11. The van der Waals surface area contributed by atoms with Crippen LogP contribution in [0.25, 0.3) is 0 Å². The molecule has 1 aromatic rings. The fourth-order valence-corrected chi connectivity index (χ4v) is 1.32. The highest BCUT2D eigenvalue weighted by Gasteiger charge is 2.05. The van der Waals surface area contributed by atoms with Crippen molar-refractivity contribution in [2.45, 2.75) is 12.8 Å². The zero-order chi connectivity index (χ0) is 9.52. The van der Waals surface area contributed by atoms with Crippen LogP contribution in [0.15, 0.2) is 43.0 Å². The first-order chi connectivity index (χ1) is 6.36. The van der Waals surface area contributed by atoms with Gasteiger partial charge in [0, 0.05) is 5.92 Å². The maximum atomic E-state index is 10.7. The standard InChI is InChI=1S/C12H14O/c1-2-6-12(10-13)9-11-7-4-3-5-8-11/h2-5,7-8,10,12H,1,6,9H2/t12-/m1/s1. The summed E-state index contributed by atoms with van der Waals surface area (Å²) in [6, 6.07) is 10.0. The Morgan fingerprint density at radius 1 is 1.31 bits per heavy atom. The molecule has 0 saturated heterocycles. The van der Waals surface area contributed by atoms with Gasteiger partial charge in [0.25, 0.3) is 0 Å². The van der Waals surface area contributed by atoms with Crippen molar-refractivity contribution in [1.29, 1.82) is 0 Å². The van der Waals surface area contributed by atoms with Crippen molar-refractivity contribution in [1.82, 2.24) is 0 Å². The van der Waals surface area contributed by atoms with Crippen LogP contribution in [0.1, 0.15) is 12.0 Å². The molecule has 0 radical (unpaired) electrons. The van der Waals surface area contributed by atoms with E-state index in [2.05, 4.69) is 6.58 Å². The Bertz CT molecular complexity index is 264. The number of carbonyl (C=O) groups excluding carboxylic acids is 1. The Labute approximate surface area is 79.1 Å². The minimum Gasteiger partial charge on any atom is -0.303 e. The SMILES string of the molecule is C=CC[C@@H](C=O)Cc1ccccc1. The van der Waals surface area contributed by atoms with Crippen LogP contribution in [0.3, 0.4) is 0 Å². The monoisotopic (exact) mass is 174 g/mol. The molecule has 1 rings (SSSR count). The second kappa shape index (κ2) is 5.31. The molecular formula is C12H14O. The van der Waals surface area contributed by atoms with Gasteiger partial charge in [0.1, 0.15) is 6.29 Å². The van der Waals surface area contributed by atoms with E-state index in [4.69, 9.17) is 0 Å². The average Bonchev–Trinajstić information content (AvgIpc) is 2.19. The molecule has 0 saturated carbocycles. The van der Waals surface area contributed by atoms with E-state index in [1.54, 1.807) is 6.08 Å². The van der Waals surface area contributed by atoms with Gasteiger partial charge in [0.2, 0.25) is 0 Å². The third-order valence-electron chi connectivity index (χ3n) is 2.00. The number of aldehydes is 1. The minimum atomic E-state index is 0.0832. The smallest absolute Gasteiger partial charge is 0.123 e. The van der Waals surface area contributed by atoms with Crippen LogP contribution in [-0.4, -0.2) is 6.29 Å².